The SMILES string of the molecule is COc1nc([N+](=O)[O-])cn1CC(O)c1ccc(-c2ccccc2)cc1. The van der Waals surface area contributed by atoms with Gasteiger partial charge in [-0.15, -0.1) is 0 Å². The standard InChI is InChI=1S/C18H17N3O4/c1-25-18-19-17(21(23)24)12-20(18)11-16(22)15-9-7-14(8-10-15)13-5-3-2-4-6-13/h2-10,12,16,22H,11H2,1H3. The van der Waals surface area contributed by atoms with Gasteiger partial charge >= 0.3 is 11.8 Å². The summed E-state index contributed by atoms with van der Waals surface area (Å²) in [4.78, 5) is 14.0. The third-order valence-electron chi connectivity index (χ3n) is 3.87. The maximum atomic E-state index is 10.8. The molecule has 3 aromatic rings. The summed E-state index contributed by atoms with van der Waals surface area (Å²) in [6.45, 7) is 0.106. The molecule has 0 bridgehead atoms. The number of imidazole rings is 1. The number of benzene rings is 2. The van der Waals surface area contributed by atoms with Crippen LogP contribution in [-0.4, -0.2) is 26.7 Å². The molecule has 1 heterocycles. The van der Waals surface area contributed by atoms with Crippen LogP contribution in [0.2, 0.25) is 0 Å². The zero-order chi connectivity index (χ0) is 17.8. The van der Waals surface area contributed by atoms with Gasteiger partial charge in [0.25, 0.3) is 0 Å². The Kier molecular flexibility index (Phi) is 4.76. The first kappa shape index (κ1) is 16.7. The maximum absolute atomic E-state index is 10.8. The fourth-order valence-corrected chi connectivity index (χ4v) is 2.59. The van der Waals surface area contributed by atoms with E-state index in [1.54, 1.807) is 0 Å². The molecule has 0 amide bonds. The first-order valence-electron chi connectivity index (χ1n) is 7.67. The number of hydrogen-bond acceptors (Lipinski definition) is 5. The molecule has 25 heavy (non-hydrogen) atoms. The van der Waals surface area contributed by atoms with Crippen LogP contribution in [0.5, 0.6) is 6.01 Å². The Balaban J connectivity index is 1.77. The molecule has 3 rings (SSSR count). The highest BCUT2D eigenvalue weighted by Crippen LogP contribution is 2.25. The summed E-state index contributed by atoms with van der Waals surface area (Å²) in [7, 11) is 1.38. The molecule has 1 unspecified atom stereocenters. The first-order chi connectivity index (χ1) is 12.1. The highest BCUT2D eigenvalue weighted by atomic mass is 16.6. The molecule has 1 atom stereocenters. The second kappa shape index (κ2) is 7.14. The number of methoxy groups -OCH3 is 1. The fourth-order valence-electron chi connectivity index (χ4n) is 2.59. The van der Waals surface area contributed by atoms with E-state index < -0.39 is 11.0 Å². The minimum absolute atomic E-state index is 0.0895. The van der Waals surface area contributed by atoms with E-state index in [0.29, 0.717) is 5.56 Å². The third-order valence-corrected chi connectivity index (χ3v) is 3.87. The lowest BCUT2D eigenvalue weighted by molar-refractivity contribution is -0.389. The van der Waals surface area contributed by atoms with Crippen molar-refractivity contribution in [3.05, 3.63) is 76.5 Å². The van der Waals surface area contributed by atoms with E-state index >= 15 is 0 Å². The van der Waals surface area contributed by atoms with Crippen LogP contribution in [0, 0.1) is 10.1 Å². The lowest BCUT2D eigenvalue weighted by Gasteiger charge is -2.12. The maximum Gasteiger partial charge on any atom is 0.414 e. The lowest BCUT2D eigenvalue weighted by Crippen LogP contribution is -2.09. The highest BCUT2D eigenvalue weighted by Gasteiger charge is 2.21. The quantitative estimate of drug-likeness (QED) is 0.550. The molecule has 0 aliphatic heterocycles. The van der Waals surface area contributed by atoms with Crippen molar-refractivity contribution in [1.82, 2.24) is 9.55 Å². The van der Waals surface area contributed by atoms with Gasteiger partial charge in [0.1, 0.15) is 6.20 Å². The van der Waals surface area contributed by atoms with Crippen LogP contribution in [0.4, 0.5) is 5.82 Å². The molecule has 7 nitrogen and oxygen atoms in total. The summed E-state index contributed by atoms with van der Waals surface area (Å²) in [5.41, 5.74) is 2.85. The smallest absolute Gasteiger partial charge is 0.414 e. The predicted molar refractivity (Wildman–Crippen MR) is 92.3 cm³/mol. The van der Waals surface area contributed by atoms with Crippen LogP contribution >= 0.6 is 0 Å². The molecular formula is C18H17N3O4. The zero-order valence-corrected chi connectivity index (χ0v) is 13.6. The molecule has 0 saturated carbocycles. The predicted octanol–water partition coefficient (Wildman–Crippen LogP) is 3.20. The Bertz CT molecular complexity index is 860. The van der Waals surface area contributed by atoms with Crippen LogP contribution in [0.15, 0.2) is 60.8 Å². The van der Waals surface area contributed by atoms with Crippen LogP contribution in [0.25, 0.3) is 11.1 Å². The monoisotopic (exact) mass is 339 g/mol. The Morgan fingerprint density at radius 2 is 1.80 bits per heavy atom. The van der Waals surface area contributed by atoms with Gasteiger partial charge in [0, 0.05) is 4.98 Å². The van der Waals surface area contributed by atoms with E-state index in [-0.39, 0.29) is 18.4 Å². The molecule has 0 fully saturated rings. The van der Waals surface area contributed by atoms with Crippen molar-refractivity contribution in [3.63, 3.8) is 0 Å². The molecule has 0 saturated heterocycles. The van der Waals surface area contributed by atoms with Gasteiger partial charge in [0.2, 0.25) is 0 Å². The molecule has 1 N–H and O–H groups in total. The summed E-state index contributed by atoms with van der Waals surface area (Å²) in [6.07, 6.45) is 0.410. The largest absolute Gasteiger partial charge is 0.449 e. The van der Waals surface area contributed by atoms with Crippen LogP contribution in [-0.2, 0) is 6.54 Å². The second-order valence-corrected chi connectivity index (χ2v) is 5.50. The number of rotatable bonds is 6. The summed E-state index contributed by atoms with van der Waals surface area (Å²) in [5, 5.41) is 21.3. The molecule has 2 aromatic carbocycles. The van der Waals surface area contributed by atoms with E-state index in [1.807, 2.05) is 54.6 Å². The Morgan fingerprint density at radius 1 is 1.16 bits per heavy atom. The van der Waals surface area contributed by atoms with E-state index in [2.05, 4.69) is 4.98 Å². The summed E-state index contributed by atoms with van der Waals surface area (Å²) in [6, 6.07) is 17.6. The average Bonchev–Trinajstić information content (AvgIpc) is 3.06. The van der Waals surface area contributed by atoms with Crippen molar-refractivity contribution < 1.29 is 14.8 Å². The second-order valence-electron chi connectivity index (χ2n) is 5.50. The van der Waals surface area contributed by atoms with Crippen molar-refractivity contribution in [2.45, 2.75) is 12.6 Å². The number of aromatic nitrogens is 2. The van der Waals surface area contributed by atoms with Gasteiger partial charge in [-0.3, -0.25) is 4.57 Å². The van der Waals surface area contributed by atoms with E-state index in [1.165, 1.54) is 17.9 Å². The number of nitrogens with zero attached hydrogens (tertiary/aromatic N) is 3. The summed E-state index contributed by atoms with van der Waals surface area (Å²) < 4.78 is 6.45. The molecule has 0 spiro atoms. The average molecular weight is 339 g/mol. The molecule has 0 radical (unpaired) electrons. The fraction of sp³-hybridized carbons (Fsp3) is 0.167. The molecule has 0 aliphatic rings. The van der Waals surface area contributed by atoms with E-state index in [0.717, 1.165) is 11.1 Å². The van der Waals surface area contributed by atoms with Gasteiger partial charge in [0.05, 0.1) is 19.8 Å². The van der Waals surface area contributed by atoms with E-state index in [4.69, 9.17) is 4.74 Å². The van der Waals surface area contributed by atoms with E-state index in [9.17, 15) is 15.2 Å². The van der Waals surface area contributed by atoms with Crippen molar-refractivity contribution in [3.8, 4) is 17.1 Å². The number of aliphatic hydroxyl groups excluding tert-OH is 1. The van der Waals surface area contributed by atoms with Crippen LogP contribution < -0.4 is 4.74 Å². The van der Waals surface area contributed by atoms with Gasteiger partial charge in [-0.2, -0.15) is 0 Å². The van der Waals surface area contributed by atoms with Gasteiger partial charge in [-0.25, -0.2) is 0 Å². The lowest BCUT2D eigenvalue weighted by atomic mass is 10.0. The number of aliphatic hydroxyl groups is 1. The van der Waals surface area contributed by atoms with Crippen molar-refractivity contribution in [1.29, 1.82) is 0 Å². The zero-order valence-electron chi connectivity index (χ0n) is 13.6. The molecule has 7 heteroatoms. The Morgan fingerprint density at radius 3 is 2.40 bits per heavy atom. The molecular weight excluding hydrogens is 322 g/mol. The number of hydrogen-bond donors (Lipinski definition) is 1. The topological polar surface area (TPSA) is 90.4 Å². The summed E-state index contributed by atoms with van der Waals surface area (Å²) in [5.74, 6) is -0.316. The normalized spacial score (nSPS) is 11.9. The van der Waals surface area contributed by atoms with Gasteiger partial charge in [-0.1, -0.05) is 54.6 Å². The molecule has 128 valence electrons. The Labute approximate surface area is 144 Å². The van der Waals surface area contributed by atoms with Crippen molar-refractivity contribution in [2.24, 2.45) is 0 Å². The minimum atomic E-state index is -0.840. The van der Waals surface area contributed by atoms with Gasteiger partial charge in [-0.05, 0) is 21.6 Å². The van der Waals surface area contributed by atoms with Crippen molar-refractivity contribution in [2.75, 3.05) is 7.11 Å². The highest BCUT2D eigenvalue weighted by molar-refractivity contribution is 5.63. The molecule has 0 aliphatic carbocycles. The van der Waals surface area contributed by atoms with Gasteiger partial charge in [0.15, 0.2) is 0 Å². The third kappa shape index (κ3) is 3.67. The molecule has 1 aromatic heterocycles. The number of ether oxygens (including phenoxy) is 1. The minimum Gasteiger partial charge on any atom is -0.449 e. The van der Waals surface area contributed by atoms with Gasteiger partial charge < -0.3 is 20.0 Å². The first-order valence-corrected chi connectivity index (χ1v) is 7.67. The number of nitro groups is 1. The van der Waals surface area contributed by atoms with Crippen LogP contribution in [0.3, 0.4) is 0 Å². The van der Waals surface area contributed by atoms with Crippen molar-refractivity contribution >= 4 is 5.82 Å². The summed E-state index contributed by atoms with van der Waals surface area (Å²) >= 11 is 0. The Hall–Kier alpha value is -3.19. The van der Waals surface area contributed by atoms with Crippen LogP contribution in [0.1, 0.15) is 11.7 Å².